The van der Waals surface area contributed by atoms with Gasteiger partial charge in [0.25, 0.3) is 0 Å². The number of pyridine rings is 1. The van der Waals surface area contributed by atoms with Crippen LogP contribution in [0.5, 0.6) is 0 Å². The number of nitrogen functional groups attached to an aromatic ring is 1. The van der Waals surface area contributed by atoms with E-state index < -0.39 is 0 Å². The first-order valence-corrected chi connectivity index (χ1v) is 9.80. The van der Waals surface area contributed by atoms with Gasteiger partial charge in [-0.1, -0.05) is 57.3 Å². The summed E-state index contributed by atoms with van der Waals surface area (Å²) in [6.45, 7) is 0. The minimum Gasteiger partial charge on any atom is -0.385 e. The smallest absolute Gasteiger partial charge is 0.200 e. The van der Waals surface area contributed by atoms with Crippen molar-refractivity contribution in [3.05, 3.63) is 67.8 Å². The van der Waals surface area contributed by atoms with Crippen molar-refractivity contribution in [2.75, 3.05) is 5.73 Å². The molecule has 0 bridgehead atoms. The summed E-state index contributed by atoms with van der Waals surface area (Å²) in [4.78, 5) is 11.9. The average Bonchev–Trinajstić information content (AvgIpc) is 2.61. The lowest BCUT2D eigenvalue weighted by Crippen LogP contribution is -2.00. The number of hydrogen-bond donors (Lipinski definition) is 2. The number of nitrogens with one attached hydrogen (secondary N) is 1. The Hall–Kier alpha value is -1.99. The molecule has 2 heterocycles. The molecule has 0 spiro atoms. The minimum absolute atomic E-state index is 0.272. The largest absolute Gasteiger partial charge is 0.385 e. The molecule has 2 aromatic heterocycles. The quantitative estimate of drug-likeness (QED) is 0.316. The van der Waals surface area contributed by atoms with E-state index in [1.54, 1.807) is 12.1 Å². The molecule has 0 aliphatic heterocycles. The van der Waals surface area contributed by atoms with E-state index in [0.717, 1.165) is 26.9 Å². The molecule has 0 radical (unpaired) electrons. The molecule has 0 amide bonds. The molecule has 8 heteroatoms. The molecule has 2 aromatic carbocycles. The second kappa shape index (κ2) is 7.20. The monoisotopic (exact) mass is 476 g/mol. The third-order valence-corrected chi connectivity index (χ3v) is 5.35. The molecule has 0 unspecified atom stereocenters. The van der Waals surface area contributed by atoms with Crippen molar-refractivity contribution in [1.82, 2.24) is 15.0 Å². The van der Waals surface area contributed by atoms with Crippen LogP contribution >= 0.6 is 51.3 Å². The van der Waals surface area contributed by atoms with Crippen LogP contribution in [-0.4, -0.2) is 15.0 Å². The molecule has 0 atom stereocenters. The van der Waals surface area contributed by atoms with Gasteiger partial charge in [-0.3, -0.25) is 0 Å². The maximum absolute atomic E-state index is 6.46. The Morgan fingerprint density at radius 1 is 0.963 bits per heavy atom. The number of anilines is 1. The lowest BCUT2D eigenvalue weighted by Gasteiger charge is -2.13. The van der Waals surface area contributed by atoms with Gasteiger partial charge in [0.2, 0.25) is 0 Å². The Bertz CT molecular complexity index is 1240. The van der Waals surface area contributed by atoms with Crippen LogP contribution in [0.3, 0.4) is 0 Å². The van der Waals surface area contributed by atoms with Gasteiger partial charge in [-0.25, -0.2) is 4.98 Å². The highest BCUT2D eigenvalue weighted by atomic mass is 79.9. The van der Waals surface area contributed by atoms with Crippen molar-refractivity contribution < 1.29 is 0 Å². The van der Waals surface area contributed by atoms with Crippen LogP contribution in [0, 0.1) is 4.77 Å². The Morgan fingerprint density at radius 3 is 2.41 bits per heavy atom. The lowest BCUT2D eigenvalue weighted by atomic mass is 10.00. The summed E-state index contributed by atoms with van der Waals surface area (Å²) in [5.41, 5.74) is 9.92. The van der Waals surface area contributed by atoms with E-state index in [-0.39, 0.29) is 4.77 Å². The van der Waals surface area contributed by atoms with Crippen LogP contribution in [0.25, 0.3) is 33.4 Å². The number of H-pyrrole nitrogens is 1. The Balaban J connectivity index is 2.08. The molecule has 134 valence electrons. The van der Waals surface area contributed by atoms with Crippen molar-refractivity contribution in [2.45, 2.75) is 0 Å². The Labute approximate surface area is 178 Å². The van der Waals surface area contributed by atoms with Gasteiger partial charge in [0.1, 0.15) is 5.82 Å². The Morgan fingerprint density at radius 2 is 1.70 bits per heavy atom. The van der Waals surface area contributed by atoms with Crippen molar-refractivity contribution in [3.63, 3.8) is 0 Å². The summed E-state index contributed by atoms with van der Waals surface area (Å²) in [5.74, 6) is 0.390. The van der Waals surface area contributed by atoms with Gasteiger partial charge in [0, 0.05) is 25.6 Å². The van der Waals surface area contributed by atoms with Crippen LogP contribution in [-0.2, 0) is 0 Å². The molecule has 0 saturated carbocycles. The summed E-state index contributed by atoms with van der Waals surface area (Å²) in [6.07, 6.45) is 0. The highest BCUT2D eigenvalue weighted by Crippen LogP contribution is 2.38. The van der Waals surface area contributed by atoms with Gasteiger partial charge in [-0.2, -0.15) is 4.98 Å². The van der Waals surface area contributed by atoms with E-state index in [1.807, 2.05) is 36.4 Å². The number of fused-ring (bicyclic) bond motifs is 1. The molecular formula is C19H11BrCl2N4S. The van der Waals surface area contributed by atoms with Crippen LogP contribution in [0.4, 0.5) is 5.82 Å². The third-order valence-electron chi connectivity index (χ3n) is 4.08. The van der Waals surface area contributed by atoms with E-state index in [2.05, 4.69) is 30.9 Å². The van der Waals surface area contributed by atoms with Gasteiger partial charge in [0.05, 0.1) is 11.1 Å². The zero-order valence-electron chi connectivity index (χ0n) is 13.6. The lowest BCUT2D eigenvalue weighted by molar-refractivity contribution is 1.16. The summed E-state index contributed by atoms with van der Waals surface area (Å²) in [7, 11) is 0. The van der Waals surface area contributed by atoms with Gasteiger partial charge in [-0.15, -0.1) is 0 Å². The van der Waals surface area contributed by atoms with E-state index >= 15 is 0 Å². The Kier molecular flexibility index (Phi) is 4.90. The predicted octanol–water partition coefficient (Wildman–Crippen LogP) is 6.67. The maximum atomic E-state index is 6.46. The van der Waals surface area contributed by atoms with Crippen molar-refractivity contribution in [2.24, 2.45) is 0 Å². The van der Waals surface area contributed by atoms with Crippen molar-refractivity contribution >= 4 is 68.2 Å². The third kappa shape index (κ3) is 3.58. The zero-order valence-corrected chi connectivity index (χ0v) is 17.5. The number of nitrogens with zero attached hydrogens (tertiary/aromatic N) is 2. The van der Waals surface area contributed by atoms with Crippen LogP contribution in [0.15, 0.2) is 53.0 Å². The molecular weight excluding hydrogens is 467 g/mol. The number of aromatic amines is 1. The first-order chi connectivity index (χ1) is 12.9. The van der Waals surface area contributed by atoms with E-state index in [1.165, 1.54) is 0 Å². The fourth-order valence-corrected chi connectivity index (χ4v) is 3.84. The number of hydrogen-bond acceptors (Lipinski definition) is 4. The molecule has 27 heavy (non-hydrogen) atoms. The van der Waals surface area contributed by atoms with Gasteiger partial charge < -0.3 is 10.7 Å². The summed E-state index contributed by atoms with van der Waals surface area (Å²) < 4.78 is 1.26. The van der Waals surface area contributed by atoms with Gasteiger partial charge >= 0.3 is 0 Å². The fraction of sp³-hybridized carbons (Fsp3) is 0. The normalized spacial score (nSPS) is 11.1. The molecule has 4 nitrogen and oxygen atoms in total. The molecule has 4 aromatic rings. The van der Waals surface area contributed by atoms with Gasteiger partial charge in [0.15, 0.2) is 10.4 Å². The number of halogens is 3. The summed E-state index contributed by atoms with van der Waals surface area (Å²) >= 11 is 21.1. The standard InChI is InChI=1S/C19H11BrCl2N4S/c20-10-3-1-9(2-4-10)15-8-13(12-6-5-11(21)7-14(12)22)16-17(23)25-19(27)26-18(16)24-15/h1-8H,(H3,23,24,25,26,27). The fourth-order valence-electron chi connectivity index (χ4n) is 2.87. The van der Waals surface area contributed by atoms with Gasteiger partial charge in [-0.05, 0) is 48.1 Å². The molecule has 3 N–H and O–H groups in total. The molecule has 4 rings (SSSR count). The van der Waals surface area contributed by atoms with Crippen LogP contribution in [0.1, 0.15) is 0 Å². The number of nitrogens with two attached hydrogens (primary N) is 1. The SMILES string of the molecule is Nc1[nH]c(=S)nc2nc(-c3ccc(Br)cc3)cc(-c3ccc(Cl)cc3Cl)c12. The second-order valence-electron chi connectivity index (χ2n) is 5.84. The number of rotatable bonds is 2. The van der Waals surface area contributed by atoms with E-state index in [4.69, 9.17) is 41.2 Å². The molecule has 0 saturated heterocycles. The van der Waals surface area contributed by atoms with E-state index in [9.17, 15) is 0 Å². The first kappa shape index (κ1) is 18.4. The summed E-state index contributed by atoms with van der Waals surface area (Å²) in [6, 6.07) is 15.1. The topological polar surface area (TPSA) is 67.6 Å². The van der Waals surface area contributed by atoms with Crippen molar-refractivity contribution in [3.8, 4) is 22.4 Å². The maximum Gasteiger partial charge on any atom is 0.200 e. The first-order valence-electron chi connectivity index (χ1n) is 7.84. The van der Waals surface area contributed by atoms with E-state index in [0.29, 0.717) is 26.9 Å². The molecule has 0 aliphatic rings. The number of aromatic nitrogens is 3. The second-order valence-corrected chi connectivity index (χ2v) is 7.99. The number of benzene rings is 2. The molecule has 0 aliphatic carbocycles. The highest BCUT2D eigenvalue weighted by molar-refractivity contribution is 9.10. The van der Waals surface area contributed by atoms with Crippen LogP contribution in [0.2, 0.25) is 10.0 Å². The minimum atomic E-state index is 0.272. The predicted molar refractivity (Wildman–Crippen MR) is 118 cm³/mol. The highest BCUT2D eigenvalue weighted by Gasteiger charge is 2.16. The average molecular weight is 478 g/mol. The van der Waals surface area contributed by atoms with Crippen LogP contribution < -0.4 is 5.73 Å². The van der Waals surface area contributed by atoms with Crippen molar-refractivity contribution in [1.29, 1.82) is 0 Å². The zero-order chi connectivity index (χ0) is 19.1. The molecule has 0 fully saturated rings. The summed E-state index contributed by atoms with van der Waals surface area (Å²) in [5, 5.41) is 1.73.